The summed E-state index contributed by atoms with van der Waals surface area (Å²) in [6.45, 7) is 3.46. The highest BCUT2D eigenvalue weighted by Crippen LogP contribution is 2.45. The zero-order valence-corrected chi connectivity index (χ0v) is 22.5. The number of benzene rings is 2. The molecular formula is C27H27N7O5S. The minimum Gasteiger partial charge on any atom is -0.332 e. The summed E-state index contributed by atoms with van der Waals surface area (Å²) in [6.07, 6.45) is 1.68. The van der Waals surface area contributed by atoms with Crippen LogP contribution in [0, 0.1) is 5.41 Å². The molecule has 1 saturated carbocycles. The first-order chi connectivity index (χ1) is 19.0. The van der Waals surface area contributed by atoms with Gasteiger partial charge < -0.3 is 20.9 Å². The lowest BCUT2D eigenvalue weighted by Gasteiger charge is -2.12. The van der Waals surface area contributed by atoms with Crippen molar-refractivity contribution >= 4 is 39.0 Å². The number of sulfonamides is 1. The number of pyridine rings is 1. The maximum Gasteiger partial charge on any atom is 0.276 e. The Morgan fingerprint density at radius 3 is 2.38 bits per heavy atom. The number of anilines is 3. The Balaban J connectivity index is 1.28. The topological polar surface area (TPSA) is 182 Å². The van der Waals surface area contributed by atoms with Gasteiger partial charge in [-0.3, -0.25) is 14.3 Å². The molecule has 0 bridgehead atoms. The van der Waals surface area contributed by atoms with Crippen LogP contribution in [0.3, 0.4) is 0 Å². The van der Waals surface area contributed by atoms with Gasteiger partial charge in [-0.25, -0.2) is 13.4 Å². The van der Waals surface area contributed by atoms with Crippen molar-refractivity contribution in [3.63, 3.8) is 0 Å². The highest BCUT2D eigenvalue weighted by Gasteiger charge is 2.44. The second-order valence-corrected chi connectivity index (χ2v) is 11.5. The molecule has 2 amide bonds. The fraction of sp³-hybridized carbons (Fsp3) is 0.222. The lowest BCUT2D eigenvalue weighted by molar-refractivity contribution is -0.120. The Kier molecular flexibility index (Phi) is 7.08. The Bertz CT molecular complexity index is 1680. The van der Waals surface area contributed by atoms with Gasteiger partial charge in [-0.05, 0) is 74.4 Å². The van der Waals surface area contributed by atoms with E-state index in [1.807, 2.05) is 6.92 Å². The quantitative estimate of drug-likeness (QED) is 0.237. The summed E-state index contributed by atoms with van der Waals surface area (Å²) in [5.41, 5.74) is 6.92. The molecule has 1 aliphatic rings. The van der Waals surface area contributed by atoms with Crippen LogP contribution in [0.25, 0.3) is 23.0 Å². The second kappa shape index (κ2) is 10.5. The van der Waals surface area contributed by atoms with Crippen LogP contribution in [0.15, 0.2) is 76.1 Å². The Hall–Kier alpha value is -4.62. The monoisotopic (exact) mass is 561 g/mol. The SMILES string of the molecule is CC(N)C(=O)Nc1cccc(-c2nc(-c3ccc(S(=O)(=O)Nc4cccc(NC(=O)C5(C)CC5)c4)cc3)no2)n1. The maximum atomic E-state index is 13.0. The second-order valence-electron chi connectivity index (χ2n) is 9.83. The molecule has 4 aromatic rings. The van der Waals surface area contributed by atoms with Crippen LogP contribution in [0.1, 0.15) is 26.7 Å². The third-order valence-electron chi connectivity index (χ3n) is 6.40. The molecule has 40 heavy (non-hydrogen) atoms. The predicted molar refractivity (Wildman–Crippen MR) is 148 cm³/mol. The minimum atomic E-state index is -3.91. The average molecular weight is 562 g/mol. The number of carbonyl (C=O) groups is 2. The summed E-state index contributed by atoms with van der Waals surface area (Å²) in [5.74, 6) is 0.165. The summed E-state index contributed by atoms with van der Waals surface area (Å²) < 4.78 is 33.9. The summed E-state index contributed by atoms with van der Waals surface area (Å²) in [5, 5.41) is 9.41. The third kappa shape index (κ3) is 6.00. The van der Waals surface area contributed by atoms with E-state index in [4.69, 9.17) is 10.3 Å². The number of amides is 2. The Labute approximate surface area is 230 Å². The van der Waals surface area contributed by atoms with Crippen LogP contribution in [0.4, 0.5) is 17.2 Å². The lowest BCUT2D eigenvalue weighted by Crippen LogP contribution is -2.32. The predicted octanol–water partition coefficient (Wildman–Crippen LogP) is 3.62. The van der Waals surface area contributed by atoms with Crippen LogP contribution >= 0.6 is 0 Å². The van der Waals surface area contributed by atoms with Gasteiger partial charge in [0.2, 0.25) is 17.6 Å². The van der Waals surface area contributed by atoms with Crippen molar-refractivity contribution in [2.24, 2.45) is 11.1 Å². The van der Waals surface area contributed by atoms with Gasteiger partial charge in [0.25, 0.3) is 15.9 Å². The van der Waals surface area contributed by atoms with E-state index < -0.39 is 16.1 Å². The molecule has 5 N–H and O–H groups in total. The van der Waals surface area contributed by atoms with Crippen molar-refractivity contribution in [2.75, 3.05) is 15.4 Å². The fourth-order valence-corrected chi connectivity index (χ4v) is 4.71. The molecule has 2 aromatic carbocycles. The van der Waals surface area contributed by atoms with Crippen molar-refractivity contribution in [3.05, 3.63) is 66.7 Å². The normalized spacial score (nSPS) is 14.7. The average Bonchev–Trinajstić information content (AvgIpc) is 3.49. The highest BCUT2D eigenvalue weighted by atomic mass is 32.2. The number of hydrogen-bond acceptors (Lipinski definition) is 9. The number of nitrogens with one attached hydrogen (secondary N) is 3. The number of hydrogen-bond donors (Lipinski definition) is 4. The van der Waals surface area contributed by atoms with Gasteiger partial charge in [-0.1, -0.05) is 24.2 Å². The Morgan fingerprint density at radius 1 is 0.975 bits per heavy atom. The van der Waals surface area contributed by atoms with E-state index in [-0.39, 0.29) is 39.7 Å². The van der Waals surface area contributed by atoms with Gasteiger partial charge in [-0.15, -0.1) is 0 Å². The molecule has 0 aliphatic heterocycles. The summed E-state index contributed by atoms with van der Waals surface area (Å²) in [7, 11) is -3.91. The van der Waals surface area contributed by atoms with E-state index in [2.05, 4.69) is 30.5 Å². The van der Waals surface area contributed by atoms with Crippen molar-refractivity contribution in [3.8, 4) is 23.0 Å². The van der Waals surface area contributed by atoms with Crippen molar-refractivity contribution in [1.29, 1.82) is 0 Å². The number of nitrogens with zero attached hydrogens (tertiary/aromatic N) is 3. The highest BCUT2D eigenvalue weighted by molar-refractivity contribution is 7.92. The molecule has 0 radical (unpaired) electrons. The standard InChI is InChI=1S/C27H27N7O5S/c1-16(28)24(35)31-22-8-4-7-21(30-22)25-32-23(33-39-25)17-9-11-20(12-10-17)40(37,38)34-19-6-3-5-18(15-19)29-26(36)27(2)13-14-27/h3-12,15-16,34H,13-14,28H2,1-2H3,(H,29,36)(H,30,31,35). The van der Waals surface area contributed by atoms with Gasteiger partial charge in [-0.2, -0.15) is 4.98 Å². The molecule has 13 heteroatoms. The summed E-state index contributed by atoms with van der Waals surface area (Å²) in [6, 6.07) is 16.7. The molecule has 2 heterocycles. The Morgan fingerprint density at radius 2 is 1.68 bits per heavy atom. The summed E-state index contributed by atoms with van der Waals surface area (Å²) >= 11 is 0. The fourth-order valence-electron chi connectivity index (χ4n) is 3.66. The maximum absolute atomic E-state index is 13.0. The molecule has 12 nitrogen and oxygen atoms in total. The molecule has 1 atom stereocenters. The molecule has 1 unspecified atom stereocenters. The number of carbonyl (C=O) groups excluding carboxylic acids is 2. The van der Waals surface area contributed by atoms with Gasteiger partial charge in [0.1, 0.15) is 11.5 Å². The van der Waals surface area contributed by atoms with E-state index >= 15 is 0 Å². The molecule has 206 valence electrons. The number of nitrogens with two attached hydrogens (primary N) is 1. The zero-order valence-electron chi connectivity index (χ0n) is 21.7. The van der Waals surface area contributed by atoms with E-state index in [0.29, 0.717) is 22.6 Å². The van der Waals surface area contributed by atoms with Crippen LogP contribution in [-0.2, 0) is 19.6 Å². The van der Waals surface area contributed by atoms with Crippen LogP contribution < -0.4 is 21.1 Å². The van der Waals surface area contributed by atoms with Crippen LogP contribution in [0.5, 0.6) is 0 Å². The smallest absolute Gasteiger partial charge is 0.276 e. The first kappa shape index (κ1) is 27.0. The van der Waals surface area contributed by atoms with E-state index in [0.717, 1.165) is 12.8 Å². The number of rotatable bonds is 9. The summed E-state index contributed by atoms with van der Waals surface area (Å²) in [4.78, 5) is 32.9. The van der Waals surface area contributed by atoms with Gasteiger partial charge in [0.05, 0.1) is 16.6 Å². The zero-order chi connectivity index (χ0) is 28.5. The third-order valence-corrected chi connectivity index (χ3v) is 7.80. The van der Waals surface area contributed by atoms with E-state index in [9.17, 15) is 18.0 Å². The van der Waals surface area contributed by atoms with E-state index in [1.54, 1.807) is 61.5 Å². The number of aromatic nitrogens is 3. The van der Waals surface area contributed by atoms with Crippen LogP contribution in [-0.4, -0.2) is 41.4 Å². The molecule has 0 spiro atoms. The molecular weight excluding hydrogens is 534 g/mol. The van der Waals surface area contributed by atoms with Crippen molar-refractivity contribution < 1.29 is 22.5 Å². The van der Waals surface area contributed by atoms with Gasteiger partial charge >= 0.3 is 0 Å². The van der Waals surface area contributed by atoms with E-state index in [1.165, 1.54) is 12.1 Å². The van der Waals surface area contributed by atoms with Gasteiger partial charge in [0, 0.05) is 16.7 Å². The first-order valence-electron chi connectivity index (χ1n) is 12.4. The molecule has 2 aromatic heterocycles. The molecule has 1 aliphatic carbocycles. The van der Waals surface area contributed by atoms with Crippen LogP contribution in [0.2, 0.25) is 0 Å². The largest absolute Gasteiger partial charge is 0.332 e. The molecule has 0 saturated heterocycles. The first-order valence-corrected chi connectivity index (χ1v) is 13.9. The van der Waals surface area contributed by atoms with Crippen molar-refractivity contribution in [1.82, 2.24) is 15.1 Å². The molecule has 5 rings (SSSR count). The molecule has 1 fully saturated rings. The van der Waals surface area contributed by atoms with Crippen molar-refractivity contribution in [2.45, 2.75) is 37.6 Å². The lowest BCUT2D eigenvalue weighted by atomic mass is 10.1. The van der Waals surface area contributed by atoms with Gasteiger partial charge in [0.15, 0.2) is 0 Å². The minimum absolute atomic E-state index is 0.0270.